The predicted octanol–water partition coefficient (Wildman–Crippen LogP) is 2.86. The standard InChI is InChI=1S/C13H21F2NO3/c1-12(2,3)19-11(18)16-6-4-5-10(8-16)7-13(14,15)9-17/h9-10H,4-8H2,1-3H3. The van der Waals surface area contributed by atoms with Crippen LogP contribution in [0.25, 0.3) is 0 Å². The van der Waals surface area contributed by atoms with Gasteiger partial charge in [-0.3, -0.25) is 4.79 Å². The van der Waals surface area contributed by atoms with E-state index in [9.17, 15) is 18.4 Å². The monoisotopic (exact) mass is 277 g/mol. The second-order valence-corrected chi connectivity index (χ2v) is 6.02. The van der Waals surface area contributed by atoms with Crippen LogP contribution in [0.2, 0.25) is 0 Å². The summed E-state index contributed by atoms with van der Waals surface area (Å²) >= 11 is 0. The predicted molar refractivity (Wildman–Crippen MR) is 66.2 cm³/mol. The van der Waals surface area contributed by atoms with E-state index in [-0.39, 0.29) is 18.7 Å². The fourth-order valence-corrected chi connectivity index (χ4v) is 2.16. The number of rotatable bonds is 3. The van der Waals surface area contributed by atoms with Crippen molar-refractivity contribution in [1.82, 2.24) is 4.90 Å². The average Bonchev–Trinajstić information content (AvgIpc) is 2.26. The van der Waals surface area contributed by atoms with E-state index in [1.807, 2.05) is 0 Å². The molecule has 0 bridgehead atoms. The summed E-state index contributed by atoms with van der Waals surface area (Å²) in [4.78, 5) is 23.5. The summed E-state index contributed by atoms with van der Waals surface area (Å²) in [6, 6.07) is 0. The van der Waals surface area contributed by atoms with Crippen LogP contribution < -0.4 is 0 Å². The van der Waals surface area contributed by atoms with Crippen molar-refractivity contribution in [2.24, 2.45) is 5.92 Å². The maximum absolute atomic E-state index is 13.0. The Morgan fingerprint density at radius 2 is 2.05 bits per heavy atom. The first-order valence-corrected chi connectivity index (χ1v) is 6.45. The zero-order valence-electron chi connectivity index (χ0n) is 11.6. The Balaban J connectivity index is 2.55. The molecule has 0 aromatic heterocycles. The molecule has 1 atom stereocenters. The molecule has 1 fully saturated rings. The molecule has 4 nitrogen and oxygen atoms in total. The molecule has 0 radical (unpaired) electrons. The SMILES string of the molecule is CC(C)(C)OC(=O)N1CCCC(CC(F)(F)C=O)C1. The van der Waals surface area contributed by atoms with E-state index >= 15 is 0 Å². The van der Waals surface area contributed by atoms with Crippen LogP contribution >= 0.6 is 0 Å². The second kappa shape index (κ2) is 5.84. The first-order chi connectivity index (χ1) is 8.63. The Bertz CT molecular complexity index is 339. The highest BCUT2D eigenvalue weighted by atomic mass is 19.3. The summed E-state index contributed by atoms with van der Waals surface area (Å²) in [6.07, 6.45) is -0.0526. The van der Waals surface area contributed by atoms with Crippen molar-refractivity contribution in [3.63, 3.8) is 0 Å². The smallest absolute Gasteiger partial charge is 0.410 e. The molecule has 0 aromatic rings. The highest BCUT2D eigenvalue weighted by Crippen LogP contribution is 2.28. The van der Waals surface area contributed by atoms with E-state index in [0.29, 0.717) is 19.4 Å². The van der Waals surface area contributed by atoms with Gasteiger partial charge < -0.3 is 9.64 Å². The van der Waals surface area contributed by atoms with Crippen LogP contribution in [0.15, 0.2) is 0 Å². The summed E-state index contributed by atoms with van der Waals surface area (Å²) in [5.41, 5.74) is -0.600. The maximum Gasteiger partial charge on any atom is 0.410 e. The Labute approximate surface area is 112 Å². The lowest BCUT2D eigenvalue weighted by atomic mass is 9.92. The van der Waals surface area contributed by atoms with Crippen LogP contribution in [0.3, 0.4) is 0 Å². The van der Waals surface area contributed by atoms with Crippen molar-refractivity contribution in [2.45, 2.75) is 51.6 Å². The van der Waals surface area contributed by atoms with Crippen molar-refractivity contribution < 1.29 is 23.1 Å². The summed E-state index contributed by atoms with van der Waals surface area (Å²) in [5, 5.41) is 0. The Kier molecular flexibility index (Phi) is 4.87. The van der Waals surface area contributed by atoms with Crippen molar-refractivity contribution >= 4 is 12.4 Å². The quantitative estimate of drug-likeness (QED) is 0.745. The molecule has 0 saturated carbocycles. The number of carbonyl (C=O) groups is 2. The topological polar surface area (TPSA) is 46.6 Å². The normalized spacial score (nSPS) is 21.1. The summed E-state index contributed by atoms with van der Waals surface area (Å²) in [5.74, 6) is -3.66. The van der Waals surface area contributed by atoms with E-state index in [1.165, 1.54) is 4.90 Å². The first kappa shape index (κ1) is 15.9. The van der Waals surface area contributed by atoms with Gasteiger partial charge in [0.25, 0.3) is 0 Å². The van der Waals surface area contributed by atoms with Gasteiger partial charge in [-0.15, -0.1) is 0 Å². The molecule has 0 aliphatic carbocycles. The van der Waals surface area contributed by atoms with Gasteiger partial charge in [-0.1, -0.05) is 0 Å². The van der Waals surface area contributed by atoms with Crippen LogP contribution in [-0.4, -0.2) is 41.9 Å². The molecule has 0 spiro atoms. The molecule has 1 rings (SSSR count). The van der Waals surface area contributed by atoms with Gasteiger partial charge in [0.2, 0.25) is 0 Å². The minimum Gasteiger partial charge on any atom is -0.444 e. The lowest BCUT2D eigenvalue weighted by Gasteiger charge is -2.34. The second-order valence-electron chi connectivity index (χ2n) is 6.02. The Morgan fingerprint density at radius 1 is 1.42 bits per heavy atom. The number of nitrogens with zero attached hydrogens (tertiary/aromatic N) is 1. The minimum atomic E-state index is -3.30. The molecule has 1 amide bonds. The van der Waals surface area contributed by atoms with Gasteiger partial charge >= 0.3 is 12.0 Å². The van der Waals surface area contributed by atoms with E-state index in [1.54, 1.807) is 20.8 Å². The minimum absolute atomic E-state index is 0.221. The molecule has 1 aliphatic rings. The molecule has 6 heteroatoms. The molecule has 1 saturated heterocycles. The van der Waals surface area contributed by atoms with E-state index in [2.05, 4.69) is 0 Å². The number of piperidine rings is 1. The lowest BCUT2D eigenvalue weighted by Crippen LogP contribution is -2.44. The number of amides is 1. The molecule has 1 unspecified atom stereocenters. The third-order valence-electron chi connectivity index (χ3n) is 2.90. The van der Waals surface area contributed by atoms with E-state index in [0.717, 1.165) is 0 Å². The van der Waals surface area contributed by atoms with Crippen molar-refractivity contribution in [1.29, 1.82) is 0 Å². The van der Waals surface area contributed by atoms with Crippen LogP contribution in [-0.2, 0) is 9.53 Å². The fourth-order valence-electron chi connectivity index (χ4n) is 2.16. The third kappa shape index (κ3) is 5.53. The highest BCUT2D eigenvalue weighted by Gasteiger charge is 2.35. The number of hydrogen-bond acceptors (Lipinski definition) is 3. The molecule has 1 heterocycles. The van der Waals surface area contributed by atoms with Gasteiger partial charge in [0, 0.05) is 19.5 Å². The van der Waals surface area contributed by atoms with Crippen molar-refractivity contribution in [3.05, 3.63) is 0 Å². The lowest BCUT2D eigenvalue weighted by molar-refractivity contribution is -0.132. The van der Waals surface area contributed by atoms with Gasteiger partial charge in [-0.2, -0.15) is 8.78 Å². The first-order valence-electron chi connectivity index (χ1n) is 6.45. The fraction of sp³-hybridized carbons (Fsp3) is 0.846. The summed E-state index contributed by atoms with van der Waals surface area (Å²) in [7, 11) is 0. The summed E-state index contributed by atoms with van der Waals surface area (Å²) < 4.78 is 31.3. The van der Waals surface area contributed by atoms with Crippen LogP contribution in [0.1, 0.15) is 40.0 Å². The molecule has 1 aliphatic heterocycles. The van der Waals surface area contributed by atoms with E-state index in [4.69, 9.17) is 4.74 Å². The molecule has 19 heavy (non-hydrogen) atoms. The molecular weight excluding hydrogens is 256 g/mol. The van der Waals surface area contributed by atoms with Gasteiger partial charge in [0.1, 0.15) is 5.60 Å². The number of aldehydes is 1. The number of alkyl halides is 2. The number of carbonyl (C=O) groups excluding carboxylic acids is 2. The van der Waals surface area contributed by atoms with E-state index < -0.39 is 24.0 Å². The Morgan fingerprint density at radius 3 is 2.58 bits per heavy atom. The molecular formula is C13H21F2NO3. The zero-order valence-corrected chi connectivity index (χ0v) is 11.6. The number of hydrogen-bond donors (Lipinski definition) is 0. The largest absolute Gasteiger partial charge is 0.444 e. The third-order valence-corrected chi connectivity index (χ3v) is 2.90. The van der Waals surface area contributed by atoms with Crippen LogP contribution in [0.5, 0.6) is 0 Å². The van der Waals surface area contributed by atoms with Gasteiger partial charge in [0.05, 0.1) is 0 Å². The van der Waals surface area contributed by atoms with Crippen molar-refractivity contribution in [3.8, 4) is 0 Å². The number of likely N-dealkylation sites (tertiary alicyclic amines) is 1. The highest BCUT2D eigenvalue weighted by molar-refractivity contribution is 5.68. The number of ether oxygens (including phenoxy) is 1. The molecule has 0 N–H and O–H groups in total. The van der Waals surface area contributed by atoms with Crippen LogP contribution in [0.4, 0.5) is 13.6 Å². The average molecular weight is 277 g/mol. The van der Waals surface area contributed by atoms with Crippen LogP contribution in [0, 0.1) is 5.92 Å². The van der Waals surface area contributed by atoms with Gasteiger partial charge in [-0.25, -0.2) is 4.79 Å². The van der Waals surface area contributed by atoms with Gasteiger partial charge in [0.15, 0.2) is 6.29 Å². The molecule has 0 aromatic carbocycles. The summed E-state index contributed by atoms with van der Waals surface area (Å²) in [6.45, 7) is 6.00. The van der Waals surface area contributed by atoms with Gasteiger partial charge in [-0.05, 0) is 39.5 Å². The number of halogens is 2. The molecule has 110 valence electrons. The zero-order chi connectivity index (χ0) is 14.7. The maximum atomic E-state index is 13.0. The van der Waals surface area contributed by atoms with Crippen molar-refractivity contribution in [2.75, 3.05) is 13.1 Å². The Hall–Kier alpha value is -1.20.